The number of aromatic nitrogens is 2. The monoisotopic (exact) mass is 474 g/mol. The third kappa shape index (κ3) is 5.26. The van der Waals surface area contributed by atoms with Crippen molar-refractivity contribution in [2.75, 3.05) is 5.32 Å². The minimum atomic E-state index is -0.429. The van der Waals surface area contributed by atoms with E-state index in [1.165, 1.54) is 17.7 Å². The molecule has 0 atom stereocenters. The number of hydrogen-bond donors (Lipinski definition) is 1. The molecular weight excluding hydrogens is 452 g/mol. The van der Waals surface area contributed by atoms with Crippen LogP contribution in [0.4, 0.5) is 17.1 Å². The van der Waals surface area contributed by atoms with Crippen LogP contribution in [0, 0.1) is 10.1 Å². The van der Waals surface area contributed by atoms with Gasteiger partial charge in [0.05, 0.1) is 10.4 Å². The minimum absolute atomic E-state index is 0.00589. The largest absolute Gasteiger partial charge is 0.355 e. The second-order valence-electron chi connectivity index (χ2n) is 8.48. The molecule has 3 aromatic carbocycles. The number of Topliss-reactive ketones (excluding diaryl/α,β-unsaturated/α-hetero) is 1. The first kappa shape index (κ1) is 22.9. The molecule has 0 bridgehead atoms. The summed E-state index contributed by atoms with van der Waals surface area (Å²) in [6.07, 6.45) is 6.27. The van der Waals surface area contributed by atoms with Crippen LogP contribution in [0.2, 0.25) is 0 Å². The van der Waals surface area contributed by atoms with Gasteiger partial charge in [0.1, 0.15) is 0 Å². The number of hydrogen-bond acceptors (Lipinski definition) is 6. The van der Waals surface area contributed by atoms with Gasteiger partial charge in [-0.15, -0.1) is 0 Å². The second-order valence-corrected chi connectivity index (χ2v) is 8.48. The summed E-state index contributed by atoms with van der Waals surface area (Å²) in [6, 6.07) is 25.6. The summed E-state index contributed by atoms with van der Waals surface area (Å²) in [5, 5.41) is 15.1. The van der Waals surface area contributed by atoms with Gasteiger partial charge in [0.15, 0.2) is 5.78 Å². The van der Waals surface area contributed by atoms with Crippen molar-refractivity contribution in [2.45, 2.75) is 12.8 Å². The van der Waals surface area contributed by atoms with Gasteiger partial charge < -0.3 is 5.32 Å². The van der Waals surface area contributed by atoms with Crippen molar-refractivity contribution in [1.82, 2.24) is 9.97 Å². The Balaban J connectivity index is 1.34. The first-order chi connectivity index (χ1) is 17.5. The molecule has 0 saturated carbocycles. The summed E-state index contributed by atoms with van der Waals surface area (Å²) in [5.41, 5.74) is 5.88. The highest BCUT2D eigenvalue weighted by atomic mass is 16.6. The topological polar surface area (TPSA) is 98.0 Å². The predicted octanol–water partition coefficient (Wildman–Crippen LogP) is 6.30. The summed E-state index contributed by atoms with van der Waals surface area (Å²) >= 11 is 0. The maximum absolute atomic E-state index is 13.1. The smallest absolute Gasteiger partial charge is 0.270 e. The Hall–Kier alpha value is -4.91. The quantitative estimate of drug-likeness (QED) is 0.161. The number of benzene rings is 3. The van der Waals surface area contributed by atoms with Crippen LogP contribution in [0.5, 0.6) is 0 Å². The van der Waals surface area contributed by atoms with E-state index in [1.807, 2.05) is 36.4 Å². The van der Waals surface area contributed by atoms with Crippen LogP contribution in [-0.2, 0) is 12.8 Å². The van der Waals surface area contributed by atoms with E-state index in [0.717, 1.165) is 17.5 Å². The van der Waals surface area contributed by atoms with Gasteiger partial charge in [-0.1, -0.05) is 36.4 Å². The number of ketones is 1. The van der Waals surface area contributed by atoms with E-state index in [1.54, 1.807) is 42.9 Å². The minimum Gasteiger partial charge on any atom is -0.355 e. The number of carbonyl (C=O) groups is 1. The number of anilines is 2. The molecule has 0 aliphatic heterocycles. The van der Waals surface area contributed by atoms with Crippen LogP contribution in [-0.4, -0.2) is 20.7 Å². The van der Waals surface area contributed by atoms with Crippen molar-refractivity contribution in [3.63, 3.8) is 0 Å². The van der Waals surface area contributed by atoms with Gasteiger partial charge in [0, 0.05) is 59.5 Å². The molecule has 0 saturated heterocycles. The Labute approximate surface area is 207 Å². The zero-order valence-corrected chi connectivity index (χ0v) is 19.3. The summed E-state index contributed by atoms with van der Waals surface area (Å²) in [6.45, 7) is 0. The lowest BCUT2D eigenvalue weighted by Crippen LogP contribution is -2.05. The van der Waals surface area contributed by atoms with Crippen LogP contribution in [0.15, 0.2) is 104 Å². The van der Waals surface area contributed by atoms with Gasteiger partial charge in [-0.05, 0) is 59.5 Å². The lowest BCUT2D eigenvalue weighted by atomic mass is 9.98. The third-order valence-corrected chi connectivity index (χ3v) is 5.91. The average Bonchev–Trinajstić information content (AvgIpc) is 2.89. The predicted molar refractivity (Wildman–Crippen MR) is 140 cm³/mol. The van der Waals surface area contributed by atoms with Crippen molar-refractivity contribution < 1.29 is 9.72 Å². The molecule has 7 heteroatoms. The molecule has 0 spiro atoms. The average molecular weight is 475 g/mol. The van der Waals surface area contributed by atoms with E-state index in [-0.39, 0.29) is 17.9 Å². The Morgan fingerprint density at radius 2 is 1.64 bits per heavy atom. The zero-order valence-electron chi connectivity index (χ0n) is 19.3. The fraction of sp³-hybridized carbons (Fsp3) is 0.0690. The Kier molecular flexibility index (Phi) is 6.44. The molecule has 5 rings (SSSR count). The van der Waals surface area contributed by atoms with Crippen LogP contribution in [0.3, 0.4) is 0 Å². The molecular formula is C29H22N4O3. The maximum Gasteiger partial charge on any atom is 0.270 e. The highest BCUT2D eigenvalue weighted by Crippen LogP contribution is 2.29. The number of pyridine rings is 2. The molecule has 36 heavy (non-hydrogen) atoms. The van der Waals surface area contributed by atoms with E-state index in [2.05, 4.69) is 27.4 Å². The highest BCUT2D eigenvalue weighted by molar-refractivity contribution is 5.99. The van der Waals surface area contributed by atoms with Gasteiger partial charge in [-0.25, -0.2) is 0 Å². The number of nitrogens with one attached hydrogen (secondary N) is 1. The van der Waals surface area contributed by atoms with Gasteiger partial charge in [-0.3, -0.25) is 24.9 Å². The highest BCUT2D eigenvalue weighted by Gasteiger charge is 2.12. The van der Waals surface area contributed by atoms with Crippen molar-refractivity contribution >= 4 is 33.7 Å². The molecule has 176 valence electrons. The summed E-state index contributed by atoms with van der Waals surface area (Å²) < 4.78 is 0. The molecule has 2 aromatic heterocycles. The molecule has 0 radical (unpaired) electrons. The number of rotatable bonds is 8. The van der Waals surface area contributed by atoms with E-state index in [4.69, 9.17) is 0 Å². The first-order valence-electron chi connectivity index (χ1n) is 11.5. The van der Waals surface area contributed by atoms with Gasteiger partial charge in [0.25, 0.3) is 5.69 Å². The molecule has 1 N–H and O–H groups in total. The van der Waals surface area contributed by atoms with Crippen molar-refractivity contribution in [2.24, 2.45) is 0 Å². The SMILES string of the molecule is O=C(Cc1cccc(Cc2ccncc2)c1)c1cccc(Nc2ccnc3ccc([N+](=O)[O-])cc23)c1. The zero-order chi connectivity index (χ0) is 24.9. The number of nitrogens with zero attached hydrogens (tertiary/aromatic N) is 3. The number of nitro groups is 1. The molecule has 5 aromatic rings. The van der Waals surface area contributed by atoms with Crippen molar-refractivity contribution in [3.05, 3.63) is 136 Å². The van der Waals surface area contributed by atoms with Crippen molar-refractivity contribution in [3.8, 4) is 0 Å². The van der Waals surface area contributed by atoms with E-state index in [9.17, 15) is 14.9 Å². The number of nitro benzene ring substituents is 1. The first-order valence-corrected chi connectivity index (χ1v) is 11.5. The molecule has 0 amide bonds. The molecule has 2 heterocycles. The Bertz CT molecular complexity index is 1570. The Morgan fingerprint density at radius 3 is 2.47 bits per heavy atom. The summed E-state index contributed by atoms with van der Waals surface area (Å²) in [4.78, 5) is 32.2. The third-order valence-electron chi connectivity index (χ3n) is 5.91. The van der Waals surface area contributed by atoms with Gasteiger partial charge >= 0.3 is 0 Å². The Morgan fingerprint density at radius 1 is 0.833 bits per heavy atom. The second kappa shape index (κ2) is 10.1. The fourth-order valence-electron chi connectivity index (χ4n) is 4.16. The van der Waals surface area contributed by atoms with Crippen LogP contribution >= 0.6 is 0 Å². The molecule has 7 nitrogen and oxygen atoms in total. The fourth-order valence-corrected chi connectivity index (χ4v) is 4.16. The molecule has 0 unspecified atom stereocenters. The molecule has 0 aliphatic rings. The van der Waals surface area contributed by atoms with E-state index >= 15 is 0 Å². The lowest BCUT2D eigenvalue weighted by molar-refractivity contribution is -0.384. The number of non-ortho nitro benzene ring substituents is 1. The van der Waals surface area contributed by atoms with E-state index in [0.29, 0.717) is 27.8 Å². The lowest BCUT2D eigenvalue weighted by Gasteiger charge is -2.11. The molecule has 0 fully saturated rings. The van der Waals surface area contributed by atoms with Crippen LogP contribution in [0.25, 0.3) is 10.9 Å². The standard InChI is InChI=1S/C29H22N4O3/c34-29(17-22-4-1-3-21(16-22)15-20-9-12-30-13-10-20)23-5-2-6-24(18-23)32-28-11-14-31-27-8-7-25(33(35)36)19-26(27)28/h1-14,16,18-19H,15,17H2,(H,31,32). The van der Waals surface area contributed by atoms with Crippen molar-refractivity contribution in [1.29, 1.82) is 0 Å². The van der Waals surface area contributed by atoms with Gasteiger partial charge in [0.2, 0.25) is 0 Å². The summed E-state index contributed by atoms with van der Waals surface area (Å²) in [5.74, 6) is 0.00920. The summed E-state index contributed by atoms with van der Waals surface area (Å²) in [7, 11) is 0. The number of fused-ring (bicyclic) bond motifs is 1. The molecule has 0 aliphatic carbocycles. The maximum atomic E-state index is 13.1. The van der Waals surface area contributed by atoms with Gasteiger partial charge in [-0.2, -0.15) is 0 Å². The normalized spacial score (nSPS) is 10.8. The van der Waals surface area contributed by atoms with Crippen LogP contribution in [0.1, 0.15) is 27.0 Å². The number of carbonyl (C=O) groups excluding carboxylic acids is 1. The van der Waals surface area contributed by atoms with Crippen LogP contribution < -0.4 is 5.32 Å². The van der Waals surface area contributed by atoms with E-state index < -0.39 is 4.92 Å².